The highest BCUT2D eigenvalue weighted by Gasteiger charge is 2.28. The number of aryl methyl sites for hydroxylation is 1. The molecule has 1 atom stereocenters. The lowest BCUT2D eigenvalue weighted by Gasteiger charge is -2.35. The lowest BCUT2D eigenvalue weighted by molar-refractivity contribution is 0.0589. The first-order chi connectivity index (χ1) is 12.3. The average Bonchev–Trinajstić information content (AvgIpc) is 3.41. The number of nitrogens with zero attached hydrogens (tertiary/aromatic N) is 4. The molecule has 0 bridgehead atoms. The predicted molar refractivity (Wildman–Crippen MR) is 101 cm³/mol. The number of thiazole rings is 1. The van der Waals surface area contributed by atoms with Gasteiger partial charge in [0.25, 0.3) is 5.91 Å². The molecule has 25 heavy (non-hydrogen) atoms. The van der Waals surface area contributed by atoms with Crippen LogP contribution in [0.1, 0.15) is 36.2 Å². The smallest absolute Gasteiger partial charge is 0.273 e. The van der Waals surface area contributed by atoms with Crippen molar-refractivity contribution in [2.24, 2.45) is 0 Å². The molecule has 130 valence electrons. The standard InChI is InChI=1S/C18H20N4OS2/c23-18(15-13-25-17(20-15)16-6-3-12-24-16)22-10-2-1-5-14(22)7-11-21-9-4-8-19-21/h3-4,6,8-9,12-14H,1-2,5,7,10-11H2/t14-/m1/s1. The zero-order chi connectivity index (χ0) is 17.1. The van der Waals surface area contributed by atoms with Crippen LogP contribution in [0.2, 0.25) is 0 Å². The van der Waals surface area contributed by atoms with Crippen molar-refractivity contribution < 1.29 is 4.79 Å². The van der Waals surface area contributed by atoms with E-state index >= 15 is 0 Å². The normalized spacial score (nSPS) is 17.8. The number of amides is 1. The van der Waals surface area contributed by atoms with Gasteiger partial charge in [0.2, 0.25) is 0 Å². The Morgan fingerprint density at radius 2 is 2.24 bits per heavy atom. The molecule has 5 nitrogen and oxygen atoms in total. The van der Waals surface area contributed by atoms with Gasteiger partial charge in [-0.3, -0.25) is 9.48 Å². The summed E-state index contributed by atoms with van der Waals surface area (Å²) in [5.74, 6) is 0.0734. The maximum atomic E-state index is 13.0. The van der Waals surface area contributed by atoms with Crippen molar-refractivity contribution in [1.82, 2.24) is 19.7 Å². The number of hydrogen-bond acceptors (Lipinski definition) is 5. The van der Waals surface area contributed by atoms with Gasteiger partial charge in [-0.2, -0.15) is 5.10 Å². The monoisotopic (exact) mass is 372 g/mol. The van der Waals surface area contributed by atoms with Crippen LogP contribution in [0.25, 0.3) is 9.88 Å². The number of aromatic nitrogens is 3. The van der Waals surface area contributed by atoms with Crippen molar-refractivity contribution in [2.75, 3.05) is 6.54 Å². The van der Waals surface area contributed by atoms with Crippen molar-refractivity contribution in [2.45, 2.75) is 38.3 Å². The largest absolute Gasteiger partial charge is 0.334 e. The fraction of sp³-hybridized carbons (Fsp3) is 0.389. The van der Waals surface area contributed by atoms with Crippen LogP contribution in [0.3, 0.4) is 0 Å². The molecule has 0 unspecified atom stereocenters. The fourth-order valence-electron chi connectivity index (χ4n) is 3.31. The quantitative estimate of drug-likeness (QED) is 0.676. The van der Waals surface area contributed by atoms with Crippen LogP contribution in [-0.4, -0.2) is 38.2 Å². The van der Waals surface area contributed by atoms with Gasteiger partial charge in [0.1, 0.15) is 10.7 Å². The summed E-state index contributed by atoms with van der Waals surface area (Å²) in [7, 11) is 0. The SMILES string of the molecule is O=C(c1csc(-c2cccs2)n1)N1CCCC[C@@H]1CCn1cccn1. The minimum Gasteiger partial charge on any atom is -0.334 e. The van der Waals surface area contributed by atoms with Gasteiger partial charge < -0.3 is 4.90 Å². The number of rotatable bonds is 5. The highest BCUT2D eigenvalue weighted by molar-refractivity contribution is 7.20. The van der Waals surface area contributed by atoms with Crippen LogP contribution in [0, 0.1) is 0 Å². The summed E-state index contributed by atoms with van der Waals surface area (Å²) in [5, 5.41) is 9.13. The molecule has 1 aliphatic heterocycles. The second kappa shape index (κ2) is 7.49. The molecule has 0 N–H and O–H groups in total. The van der Waals surface area contributed by atoms with E-state index < -0.39 is 0 Å². The molecule has 1 amide bonds. The summed E-state index contributed by atoms with van der Waals surface area (Å²) >= 11 is 3.21. The summed E-state index contributed by atoms with van der Waals surface area (Å²) in [6, 6.07) is 6.27. The summed E-state index contributed by atoms with van der Waals surface area (Å²) in [5.41, 5.74) is 0.583. The molecular formula is C18H20N4OS2. The molecule has 3 aromatic heterocycles. The van der Waals surface area contributed by atoms with Crippen LogP contribution >= 0.6 is 22.7 Å². The Morgan fingerprint density at radius 3 is 3.04 bits per heavy atom. The van der Waals surface area contributed by atoms with Crippen LogP contribution < -0.4 is 0 Å². The van der Waals surface area contributed by atoms with Gasteiger partial charge in [-0.05, 0) is 43.2 Å². The fourth-order valence-corrected chi connectivity index (χ4v) is 4.92. The molecule has 4 rings (SSSR count). The van der Waals surface area contributed by atoms with Crippen LogP contribution in [0.15, 0.2) is 41.4 Å². The lowest BCUT2D eigenvalue weighted by atomic mass is 9.99. The van der Waals surface area contributed by atoms with E-state index in [1.54, 1.807) is 28.9 Å². The molecule has 0 spiro atoms. The number of carbonyl (C=O) groups is 1. The van der Waals surface area contributed by atoms with Crippen molar-refractivity contribution in [3.8, 4) is 9.88 Å². The minimum atomic E-state index is 0.0734. The van der Waals surface area contributed by atoms with Gasteiger partial charge in [0.15, 0.2) is 0 Å². The van der Waals surface area contributed by atoms with Crippen LogP contribution in [0.4, 0.5) is 0 Å². The molecule has 4 heterocycles. The molecule has 0 aliphatic carbocycles. The number of hydrogen-bond donors (Lipinski definition) is 0. The number of thiophene rings is 1. The summed E-state index contributed by atoms with van der Waals surface area (Å²) in [6.45, 7) is 1.67. The topological polar surface area (TPSA) is 51.0 Å². The van der Waals surface area contributed by atoms with Gasteiger partial charge in [0, 0.05) is 36.9 Å². The Bertz CT molecular complexity index is 810. The van der Waals surface area contributed by atoms with Gasteiger partial charge in [-0.15, -0.1) is 22.7 Å². The van der Waals surface area contributed by atoms with Crippen molar-refractivity contribution >= 4 is 28.6 Å². The van der Waals surface area contributed by atoms with E-state index in [9.17, 15) is 4.79 Å². The van der Waals surface area contributed by atoms with Crippen molar-refractivity contribution in [3.05, 3.63) is 47.0 Å². The Morgan fingerprint density at radius 1 is 1.28 bits per heavy atom. The Labute approximate surface area is 154 Å². The van der Waals surface area contributed by atoms with E-state index in [0.717, 1.165) is 42.2 Å². The zero-order valence-corrected chi connectivity index (χ0v) is 15.5. The van der Waals surface area contributed by atoms with Crippen molar-refractivity contribution in [3.63, 3.8) is 0 Å². The predicted octanol–water partition coefficient (Wildman–Crippen LogP) is 4.15. The highest BCUT2D eigenvalue weighted by atomic mass is 32.1. The molecule has 1 saturated heterocycles. The molecule has 0 radical (unpaired) electrons. The maximum absolute atomic E-state index is 13.0. The van der Waals surface area contributed by atoms with Crippen LogP contribution in [-0.2, 0) is 6.54 Å². The van der Waals surface area contributed by atoms with Gasteiger partial charge in [0.05, 0.1) is 4.88 Å². The Balaban J connectivity index is 1.47. The molecule has 0 aromatic carbocycles. The molecule has 1 aliphatic rings. The van der Waals surface area contributed by atoms with E-state index in [1.165, 1.54) is 6.42 Å². The molecule has 1 fully saturated rings. The third kappa shape index (κ3) is 3.67. The van der Waals surface area contributed by atoms with E-state index in [2.05, 4.69) is 10.1 Å². The zero-order valence-electron chi connectivity index (χ0n) is 13.9. The number of carbonyl (C=O) groups excluding carboxylic acids is 1. The number of piperidine rings is 1. The Hall–Kier alpha value is -1.99. The van der Waals surface area contributed by atoms with E-state index in [1.807, 2.05) is 44.7 Å². The molecule has 7 heteroatoms. The molecule has 0 saturated carbocycles. The summed E-state index contributed by atoms with van der Waals surface area (Å²) in [4.78, 5) is 20.7. The third-order valence-electron chi connectivity index (χ3n) is 4.59. The maximum Gasteiger partial charge on any atom is 0.273 e. The summed E-state index contributed by atoms with van der Waals surface area (Å²) < 4.78 is 1.94. The first-order valence-electron chi connectivity index (χ1n) is 8.59. The van der Waals surface area contributed by atoms with E-state index in [0.29, 0.717) is 5.69 Å². The lowest BCUT2D eigenvalue weighted by Crippen LogP contribution is -2.44. The van der Waals surface area contributed by atoms with Gasteiger partial charge in [-0.25, -0.2) is 4.98 Å². The highest BCUT2D eigenvalue weighted by Crippen LogP contribution is 2.29. The average molecular weight is 373 g/mol. The minimum absolute atomic E-state index is 0.0734. The summed E-state index contributed by atoms with van der Waals surface area (Å²) in [6.07, 6.45) is 8.04. The Kier molecular flexibility index (Phi) is 4.94. The van der Waals surface area contributed by atoms with Gasteiger partial charge >= 0.3 is 0 Å². The molecule has 3 aromatic rings. The first kappa shape index (κ1) is 16.5. The van der Waals surface area contributed by atoms with Gasteiger partial charge in [-0.1, -0.05) is 6.07 Å². The number of likely N-dealkylation sites (tertiary alicyclic amines) is 1. The van der Waals surface area contributed by atoms with Crippen molar-refractivity contribution in [1.29, 1.82) is 0 Å². The van der Waals surface area contributed by atoms with E-state index in [4.69, 9.17) is 0 Å². The second-order valence-corrected chi connectivity index (χ2v) is 8.03. The molecular weight excluding hydrogens is 352 g/mol. The second-order valence-electron chi connectivity index (χ2n) is 6.22. The van der Waals surface area contributed by atoms with Crippen LogP contribution in [0.5, 0.6) is 0 Å². The van der Waals surface area contributed by atoms with E-state index in [-0.39, 0.29) is 11.9 Å². The first-order valence-corrected chi connectivity index (χ1v) is 10.3. The third-order valence-corrected chi connectivity index (χ3v) is 6.48.